The van der Waals surface area contributed by atoms with Crippen LogP contribution >= 0.6 is 0 Å². The maximum Gasteiger partial charge on any atom is 0.322 e. The Morgan fingerprint density at radius 2 is 1.69 bits per heavy atom. The Labute approximate surface area is 156 Å². The lowest BCUT2D eigenvalue weighted by atomic mass is 10.1. The van der Waals surface area contributed by atoms with E-state index in [9.17, 15) is 4.79 Å². The summed E-state index contributed by atoms with van der Waals surface area (Å²) in [5.74, 6) is 0.383. The third-order valence-corrected chi connectivity index (χ3v) is 3.69. The SMILES string of the molecule is CCCCN.COC(=O)[C@@H](N)Cc1ccc(OCc2ccccc2)cc1. The first kappa shape index (κ1) is 21.7. The highest BCUT2D eigenvalue weighted by Gasteiger charge is 2.13. The van der Waals surface area contributed by atoms with E-state index in [2.05, 4.69) is 11.7 Å². The van der Waals surface area contributed by atoms with E-state index >= 15 is 0 Å². The number of unbranched alkanes of at least 4 members (excludes halogenated alkanes) is 1. The van der Waals surface area contributed by atoms with Crippen LogP contribution in [0.4, 0.5) is 0 Å². The lowest BCUT2D eigenvalue weighted by Crippen LogP contribution is -2.33. The van der Waals surface area contributed by atoms with Crippen LogP contribution in [0.1, 0.15) is 30.9 Å². The summed E-state index contributed by atoms with van der Waals surface area (Å²) in [5.41, 5.74) is 13.0. The zero-order chi connectivity index (χ0) is 19.2. The van der Waals surface area contributed by atoms with E-state index in [1.165, 1.54) is 20.0 Å². The molecule has 0 aliphatic heterocycles. The number of nitrogens with two attached hydrogens (primary N) is 2. The Morgan fingerprint density at radius 1 is 1.04 bits per heavy atom. The number of benzene rings is 2. The molecular formula is C21H30N2O3. The van der Waals surface area contributed by atoms with Crippen molar-refractivity contribution in [1.82, 2.24) is 0 Å². The van der Waals surface area contributed by atoms with E-state index in [-0.39, 0.29) is 0 Å². The average Bonchev–Trinajstić information content (AvgIpc) is 2.68. The third kappa shape index (κ3) is 8.65. The van der Waals surface area contributed by atoms with Gasteiger partial charge in [0.1, 0.15) is 18.4 Å². The molecule has 1 atom stereocenters. The van der Waals surface area contributed by atoms with Gasteiger partial charge in [0.25, 0.3) is 0 Å². The van der Waals surface area contributed by atoms with Crippen LogP contribution in [0.15, 0.2) is 54.6 Å². The van der Waals surface area contributed by atoms with Gasteiger partial charge in [-0.15, -0.1) is 0 Å². The molecule has 5 heteroatoms. The summed E-state index contributed by atoms with van der Waals surface area (Å²) >= 11 is 0. The predicted molar refractivity (Wildman–Crippen MR) is 105 cm³/mol. The molecule has 0 saturated heterocycles. The van der Waals surface area contributed by atoms with Gasteiger partial charge in [-0.1, -0.05) is 55.8 Å². The van der Waals surface area contributed by atoms with Crippen molar-refractivity contribution >= 4 is 5.97 Å². The van der Waals surface area contributed by atoms with E-state index in [0.29, 0.717) is 13.0 Å². The molecule has 4 N–H and O–H groups in total. The summed E-state index contributed by atoms with van der Waals surface area (Å²) < 4.78 is 10.3. The minimum Gasteiger partial charge on any atom is -0.489 e. The molecule has 0 unspecified atom stereocenters. The van der Waals surface area contributed by atoms with Gasteiger partial charge in [-0.2, -0.15) is 0 Å². The van der Waals surface area contributed by atoms with E-state index in [1.54, 1.807) is 0 Å². The van der Waals surface area contributed by atoms with Gasteiger partial charge < -0.3 is 20.9 Å². The molecular weight excluding hydrogens is 328 g/mol. The number of carbonyl (C=O) groups is 1. The van der Waals surface area contributed by atoms with Crippen LogP contribution in [0.5, 0.6) is 5.75 Å². The van der Waals surface area contributed by atoms with E-state index in [4.69, 9.17) is 16.2 Å². The molecule has 0 aliphatic carbocycles. The molecule has 0 aliphatic rings. The van der Waals surface area contributed by atoms with Crippen LogP contribution in [0.2, 0.25) is 0 Å². The topological polar surface area (TPSA) is 87.6 Å². The molecule has 0 fully saturated rings. The van der Waals surface area contributed by atoms with Crippen LogP contribution in [0.3, 0.4) is 0 Å². The number of hydrogen-bond acceptors (Lipinski definition) is 5. The highest BCUT2D eigenvalue weighted by molar-refractivity contribution is 5.75. The van der Waals surface area contributed by atoms with Gasteiger partial charge in [0, 0.05) is 0 Å². The van der Waals surface area contributed by atoms with Crippen molar-refractivity contribution in [3.05, 3.63) is 65.7 Å². The first-order valence-corrected chi connectivity index (χ1v) is 8.89. The Hall–Kier alpha value is -2.37. The second kappa shape index (κ2) is 12.9. The number of carbonyl (C=O) groups excluding carboxylic acids is 1. The number of ether oxygens (including phenoxy) is 2. The van der Waals surface area contributed by atoms with Gasteiger partial charge >= 0.3 is 5.97 Å². The molecule has 0 spiro atoms. The Balaban J connectivity index is 0.000000597. The van der Waals surface area contributed by atoms with Crippen LogP contribution < -0.4 is 16.2 Å². The average molecular weight is 358 g/mol. The number of esters is 1. The molecule has 2 aromatic carbocycles. The lowest BCUT2D eigenvalue weighted by molar-refractivity contribution is -0.142. The number of rotatable bonds is 8. The molecule has 142 valence electrons. The number of hydrogen-bond donors (Lipinski definition) is 2. The number of methoxy groups -OCH3 is 1. The Kier molecular flexibility index (Phi) is 10.8. The fourth-order valence-corrected chi connectivity index (χ4v) is 2.16. The molecule has 0 aromatic heterocycles. The maximum absolute atomic E-state index is 11.3. The molecule has 0 heterocycles. The Morgan fingerprint density at radius 3 is 2.19 bits per heavy atom. The van der Waals surface area contributed by atoms with Crippen molar-refractivity contribution in [2.24, 2.45) is 11.5 Å². The lowest BCUT2D eigenvalue weighted by Gasteiger charge is -2.10. The quantitative estimate of drug-likeness (QED) is 0.708. The van der Waals surface area contributed by atoms with Gasteiger partial charge in [-0.25, -0.2) is 0 Å². The highest BCUT2D eigenvalue weighted by Crippen LogP contribution is 2.15. The zero-order valence-corrected chi connectivity index (χ0v) is 15.7. The summed E-state index contributed by atoms with van der Waals surface area (Å²) in [7, 11) is 1.34. The van der Waals surface area contributed by atoms with Crippen LogP contribution in [-0.2, 0) is 22.6 Å². The van der Waals surface area contributed by atoms with Gasteiger partial charge in [-0.3, -0.25) is 4.79 Å². The molecule has 2 aromatic rings. The van der Waals surface area contributed by atoms with Crippen molar-refractivity contribution in [2.75, 3.05) is 13.7 Å². The molecule has 5 nitrogen and oxygen atoms in total. The van der Waals surface area contributed by atoms with Gasteiger partial charge in [0.2, 0.25) is 0 Å². The largest absolute Gasteiger partial charge is 0.489 e. The summed E-state index contributed by atoms with van der Waals surface area (Å²) in [6.45, 7) is 3.51. The Bertz CT molecular complexity index is 613. The van der Waals surface area contributed by atoms with Crippen molar-refractivity contribution in [3.63, 3.8) is 0 Å². The van der Waals surface area contributed by atoms with Crippen LogP contribution in [0.25, 0.3) is 0 Å². The summed E-state index contributed by atoms with van der Waals surface area (Å²) in [5, 5.41) is 0. The maximum atomic E-state index is 11.3. The monoisotopic (exact) mass is 358 g/mol. The van der Waals surface area contributed by atoms with Gasteiger partial charge in [0.15, 0.2) is 0 Å². The van der Waals surface area contributed by atoms with E-state index < -0.39 is 12.0 Å². The normalized spacial score (nSPS) is 11.1. The van der Waals surface area contributed by atoms with Crippen molar-refractivity contribution in [2.45, 2.75) is 38.8 Å². The second-order valence-corrected chi connectivity index (χ2v) is 5.89. The minimum atomic E-state index is -0.633. The summed E-state index contributed by atoms with van der Waals surface area (Å²) in [6, 6.07) is 16.9. The zero-order valence-electron chi connectivity index (χ0n) is 15.7. The smallest absolute Gasteiger partial charge is 0.322 e. The van der Waals surface area contributed by atoms with Crippen LogP contribution in [-0.4, -0.2) is 25.7 Å². The van der Waals surface area contributed by atoms with Crippen LogP contribution in [0, 0.1) is 0 Å². The minimum absolute atomic E-state index is 0.403. The molecule has 0 radical (unpaired) electrons. The molecule has 0 saturated carbocycles. The van der Waals surface area contributed by atoms with Crippen molar-refractivity contribution in [3.8, 4) is 5.75 Å². The molecule has 0 amide bonds. The molecule has 0 bridgehead atoms. The van der Waals surface area contributed by atoms with E-state index in [0.717, 1.165) is 23.4 Å². The standard InChI is InChI=1S/C17H19NO3.C4H11N/c1-20-17(19)16(18)11-13-7-9-15(10-8-13)21-12-14-5-3-2-4-6-14;1-2-3-4-5/h2-10,16H,11-12,18H2,1H3;2-5H2,1H3/t16-;/m0./s1. The third-order valence-electron chi connectivity index (χ3n) is 3.69. The summed E-state index contributed by atoms with van der Waals surface area (Å²) in [4.78, 5) is 11.3. The molecule has 26 heavy (non-hydrogen) atoms. The van der Waals surface area contributed by atoms with Gasteiger partial charge in [0.05, 0.1) is 7.11 Å². The fourth-order valence-electron chi connectivity index (χ4n) is 2.16. The summed E-state index contributed by atoms with van der Waals surface area (Å²) in [6.07, 6.45) is 2.84. The highest BCUT2D eigenvalue weighted by atomic mass is 16.5. The van der Waals surface area contributed by atoms with Gasteiger partial charge in [-0.05, 0) is 42.6 Å². The second-order valence-electron chi connectivity index (χ2n) is 5.89. The van der Waals surface area contributed by atoms with Crippen molar-refractivity contribution < 1.29 is 14.3 Å². The predicted octanol–water partition coefficient (Wildman–Crippen LogP) is 3.05. The fraction of sp³-hybridized carbons (Fsp3) is 0.381. The first-order valence-electron chi connectivity index (χ1n) is 8.89. The van der Waals surface area contributed by atoms with Crippen molar-refractivity contribution in [1.29, 1.82) is 0 Å². The molecule has 2 rings (SSSR count). The van der Waals surface area contributed by atoms with E-state index in [1.807, 2.05) is 54.6 Å². The first-order chi connectivity index (χ1) is 12.6.